The van der Waals surface area contributed by atoms with Crippen LogP contribution in [-0.2, 0) is 6.54 Å². The van der Waals surface area contributed by atoms with Crippen LogP contribution in [0.3, 0.4) is 0 Å². The molecule has 0 aliphatic carbocycles. The summed E-state index contributed by atoms with van der Waals surface area (Å²) < 4.78 is 3.91. The number of hydrogen-bond donors (Lipinski definition) is 0. The Morgan fingerprint density at radius 3 is 2.71 bits per heavy atom. The number of hydrogen-bond acceptors (Lipinski definition) is 1. The Bertz CT molecular complexity index is 1020. The van der Waals surface area contributed by atoms with Crippen molar-refractivity contribution in [3.8, 4) is 0 Å². The van der Waals surface area contributed by atoms with Crippen LogP contribution >= 0.6 is 0 Å². The fourth-order valence-electron chi connectivity index (χ4n) is 2.99. The lowest BCUT2D eigenvalue weighted by Crippen LogP contribution is -3.00. The molecule has 0 atom stereocenters. The topological polar surface area (TPSA) is 25.4 Å². The summed E-state index contributed by atoms with van der Waals surface area (Å²) in [6.07, 6.45) is 3.91. The van der Waals surface area contributed by atoms with Crippen LogP contribution in [0.1, 0.15) is 0 Å². The highest BCUT2D eigenvalue weighted by Crippen LogP contribution is 2.28. The molecule has 0 radical (unpaired) electrons. The van der Waals surface area contributed by atoms with Gasteiger partial charge in [0.05, 0.1) is 5.52 Å². The van der Waals surface area contributed by atoms with Crippen molar-refractivity contribution in [2.24, 2.45) is 0 Å². The largest absolute Gasteiger partial charge is 1.00 e. The summed E-state index contributed by atoms with van der Waals surface area (Å²) in [5.74, 6) is 0. The predicted molar refractivity (Wildman–Crippen MR) is 80.3 cm³/mol. The molecular weight excluding hydrogens is 328 g/mol. The molecule has 0 unspecified atom stereocenters. The molecule has 0 aliphatic heterocycles. The molecule has 104 valence electrons. The Hall–Kier alpha value is -2.20. The van der Waals surface area contributed by atoms with Gasteiger partial charge in [-0.15, -0.1) is 0 Å². The minimum absolute atomic E-state index is 0. The third-order valence-electron chi connectivity index (χ3n) is 3.82. The Morgan fingerprint density at radius 2 is 1.90 bits per heavy atom. The maximum absolute atomic E-state index is 12.3. The van der Waals surface area contributed by atoms with Crippen molar-refractivity contribution in [1.29, 1.82) is 0 Å². The van der Waals surface area contributed by atoms with Crippen LogP contribution in [0.4, 0.5) is 0 Å². The normalized spacial score (nSPS) is 11.0. The van der Waals surface area contributed by atoms with E-state index in [1.54, 1.807) is 10.5 Å². The van der Waals surface area contributed by atoms with E-state index in [2.05, 4.69) is 29.5 Å². The molecule has 0 fully saturated rings. The van der Waals surface area contributed by atoms with Gasteiger partial charge in [-0.1, -0.05) is 24.8 Å². The molecule has 0 saturated carbocycles. The van der Waals surface area contributed by atoms with Gasteiger partial charge in [0.2, 0.25) is 5.52 Å². The number of rotatable bonds is 2. The Morgan fingerprint density at radius 1 is 1.10 bits per heavy atom. The van der Waals surface area contributed by atoms with E-state index in [4.69, 9.17) is 0 Å². The number of halogens is 1. The zero-order chi connectivity index (χ0) is 13.7. The van der Waals surface area contributed by atoms with Crippen molar-refractivity contribution in [2.75, 3.05) is 0 Å². The van der Waals surface area contributed by atoms with E-state index < -0.39 is 0 Å². The Balaban J connectivity index is 0.00000132. The minimum atomic E-state index is 0. The average molecular weight is 341 g/mol. The molecule has 4 heteroatoms. The van der Waals surface area contributed by atoms with E-state index in [9.17, 15) is 4.79 Å². The smallest absolute Gasteiger partial charge is 0.256 e. The highest BCUT2D eigenvalue weighted by atomic mass is 79.9. The summed E-state index contributed by atoms with van der Waals surface area (Å²) in [6, 6.07) is 13.6. The van der Waals surface area contributed by atoms with Crippen LogP contribution in [0.5, 0.6) is 0 Å². The third-order valence-corrected chi connectivity index (χ3v) is 3.82. The molecule has 0 bridgehead atoms. The van der Waals surface area contributed by atoms with Crippen LogP contribution in [0.25, 0.3) is 27.3 Å². The molecule has 4 aromatic rings. The van der Waals surface area contributed by atoms with Gasteiger partial charge in [-0.2, -0.15) is 4.57 Å². The first-order valence-corrected chi connectivity index (χ1v) is 6.60. The van der Waals surface area contributed by atoms with Crippen molar-refractivity contribution in [3.05, 3.63) is 71.7 Å². The highest BCUT2D eigenvalue weighted by Gasteiger charge is 2.18. The van der Waals surface area contributed by atoms with E-state index in [0.29, 0.717) is 0 Å². The Labute approximate surface area is 131 Å². The van der Waals surface area contributed by atoms with Gasteiger partial charge in [-0.25, -0.2) is 0 Å². The first kappa shape index (κ1) is 13.8. The van der Waals surface area contributed by atoms with Crippen molar-refractivity contribution >= 4 is 27.3 Å². The number of pyridine rings is 2. The van der Waals surface area contributed by atoms with Gasteiger partial charge in [-0.3, -0.25) is 9.20 Å². The highest BCUT2D eigenvalue weighted by molar-refractivity contribution is 6.11. The summed E-state index contributed by atoms with van der Waals surface area (Å²) in [7, 11) is 0. The molecule has 3 aromatic heterocycles. The maximum atomic E-state index is 12.3. The Kier molecular flexibility index (Phi) is 3.26. The van der Waals surface area contributed by atoms with Crippen molar-refractivity contribution in [2.45, 2.75) is 6.54 Å². The van der Waals surface area contributed by atoms with Gasteiger partial charge < -0.3 is 17.0 Å². The minimum Gasteiger partial charge on any atom is -1.00 e. The van der Waals surface area contributed by atoms with Crippen LogP contribution in [0.2, 0.25) is 0 Å². The fourth-order valence-corrected chi connectivity index (χ4v) is 2.99. The molecule has 4 rings (SSSR count). The quantitative estimate of drug-likeness (QED) is 0.357. The molecule has 3 nitrogen and oxygen atoms in total. The van der Waals surface area contributed by atoms with Gasteiger partial charge >= 0.3 is 0 Å². The number of nitrogens with zero attached hydrogens (tertiary/aromatic N) is 2. The number of para-hydroxylation sites is 1. The fraction of sp³-hybridized carbons (Fsp3) is 0.0588. The molecule has 3 heterocycles. The molecule has 0 amide bonds. The van der Waals surface area contributed by atoms with E-state index in [0.717, 1.165) is 33.9 Å². The van der Waals surface area contributed by atoms with Crippen LogP contribution in [0.15, 0.2) is 66.1 Å². The second kappa shape index (κ2) is 4.97. The molecule has 21 heavy (non-hydrogen) atoms. The third kappa shape index (κ3) is 1.79. The second-order valence-corrected chi connectivity index (χ2v) is 4.93. The predicted octanol–water partition coefficient (Wildman–Crippen LogP) is -0.479. The van der Waals surface area contributed by atoms with E-state index in [1.165, 1.54) is 0 Å². The first-order valence-electron chi connectivity index (χ1n) is 6.60. The van der Waals surface area contributed by atoms with E-state index in [-0.39, 0.29) is 22.5 Å². The number of aromatic nitrogens is 2. The maximum Gasteiger partial charge on any atom is 0.256 e. The van der Waals surface area contributed by atoms with Crippen molar-refractivity contribution < 1.29 is 21.5 Å². The van der Waals surface area contributed by atoms with Gasteiger partial charge in [0.1, 0.15) is 5.52 Å². The monoisotopic (exact) mass is 340 g/mol. The zero-order valence-electron chi connectivity index (χ0n) is 11.3. The summed E-state index contributed by atoms with van der Waals surface area (Å²) in [6.45, 7) is 4.52. The van der Waals surface area contributed by atoms with Crippen molar-refractivity contribution in [3.63, 3.8) is 0 Å². The summed E-state index contributed by atoms with van der Waals surface area (Å²) in [4.78, 5) is 12.3. The summed E-state index contributed by atoms with van der Waals surface area (Å²) in [5, 5.41) is 2.24. The average Bonchev–Trinajstić information content (AvgIpc) is 2.81. The van der Waals surface area contributed by atoms with Crippen LogP contribution in [0, 0.1) is 0 Å². The molecule has 0 N–H and O–H groups in total. The lowest BCUT2D eigenvalue weighted by Gasteiger charge is -2.00. The number of benzene rings is 1. The van der Waals surface area contributed by atoms with Crippen LogP contribution in [-0.4, -0.2) is 4.40 Å². The molecular formula is C17H13BrN2O. The summed E-state index contributed by atoms with van der Waals surface area (Å²) in [5.41, 5.74) is 3.02. The second-order valence-electron chi connectivity index (χ2n) is 4.93. The molecule has 0 saturated heterocycles. The molecule has 0 aliphatic rings. The van der Waals surface area contributed by atoms with Gasteiger partial charge in [0, 0.05) is 29.0 Å². The number of allylic oxidation sites excluding steroid dienone is 1. The van der Waals surface area contributed by atoms with Crippen LogP contribution < -0.4 is 27.1 Å². The summed E-state index contributed by atoms with van der Waals surface area (Å²) >= 11 is 0. The van der Waals surface area contributed by atoms with E-state index in [1.807, 2.05) is 30.3 Å². The lowest BCUT2D eigenvalue weighted by molar-refractivity contribution is -0.660. The standard InChI is InChI=1S/C17H13N2O.BrH/c1-2-10-18-11-9-13-12-5-3-4-6-14(12)19-16(20)8-7-15(18)17(13)19;/h2-9,11H,1,10H2;1H/q+1;/p-1. The van der Waals surface area contributed by atoms with E-state index >= 15 is 0 Å². The van der Waals surface area contributed by atoms with Crippen molar-refractivity contribution in [1.82, 2.24) is 4.40 Å². The molecule has 1 aromatic carbocycles. The molecule has 0 spiro atoms. The zero-order valence-corrected chi connectivity index (χ0v) is 12.9. The van der Waals surface area contributed by atoms with Gasteiger partial charge in [-0.05, 0) is 12.1 Å². The SMILES string of the molecule is C=CC[n+]1ccc2c3ccccc3n3c(=O)ccc1c23.[Br-]. The lowest BCUT2D eigenvalue weighted by atomic mass is 10.2. The van der Waals surface area contributed by atoms with Gasteiger partial charge in [0.15, 0.2) is 12.7 Å². The van der Waals surface area contributed by atoms with Gasteiger partial charge in [0.25, 0.3) is 5.56 Å². The first-order chi connectivity index (χ1) is 9.81. The number of fused-ring (bicyclic) bond motifs is 3.